The van der Waals surface area contributed by atoms with Crippen molar-refractivity contribution in [2.75, 3.05) is 26.0 Å². The Kier molecular flexibility index (Phi) is 7.16. The minimum Gasteiger partial charge on any atom is -0.383 e. The number of carbonyl (C=O) groups excluding carboxylic acids is 2. The van der Waals surface area contributed by atoms with Crippen LogP contribution in [0.2, 0.25) is 0 Å². The number of thioether (sulfide) groups is 1. The van der Waals surface area contributed by atoms with Gasteiger partial charge in [0, 0.05) is 13.7 Å². The Morgan fingerprint density at radius 1 is 1.35 bits per heavy atom. The molecule has 2 aromatic rings. The van der Waals surface area contributed by atoms with Crippen LogP contribution in [0, 0.1) is 0 Å². The highest BCUT2D eigenvalue weighted by Gasteiger charge is 2.18. The summed E-state index contributed by atoms with van der Waals surface area (Å²) in [6.07, 6.45) is 0. The number of ether oxygens (including phenoxy) is 1. The van der Waals surface area contributed by atoms with Crippen molar-refractivity contribution < 1.29 is 14.3 Å². The first kappa shape index (κ1) is 19.9. The van der Waals surface area contributed by atoms with Gasteiger partial charge in [0.05, 0.1) is 29.3 Å². The van der Waals surface area contributed by atoms with Crippen LogP contribution in [0.4, 0.5) is 4.79 Å². The molecule has 9 heteroatoms. The first-order valence-corrected chi connectivity index (χ1v) is 9.17. The topological polar surface area (TPSA) is 102 Å². The number of nitrogens with one attached hydrogen (secondary N) is 2. The zero-order valence-corrected chi connectivity index (χ0v) is 15.8. The number of carbonyl (C=O) groups is 2. The maximum absolute atomic E-state index is 12.9. The van der Waals surface area contributed by atoms with Gasteiger partial charge >= 0.3 is 6.03 Å². The monoisotopic (exact) mass is 378 g/mol. The molecule has 0 bridgehead atoms. The van der Waals surface area contributed by atoms with E-state index in [1.807, 2.05) is 6.92 Å². The molecule has 1 aromatic heterocycles. The van der Waals surface area contributed by atoms with E-state index in [1.165, 1.54) is 4.57 Å². The second-order valence-electron chi connectivity index (χ2n) is 5.59. The number of methoxy groups -OCH3 is 1. The van der Waals surface area contributed by atoms with Gasteiger partial charge in [-0.15, -0.1) is 0 Å². The summed E-state index contributed by atoms with van der Waals surface area (Å²) in [5, 5.41) is 5.63. The zero-order valence-electron chi connectivity index (χ0n) is 14.9. The lowest BCUT2D eigenvalue weighted by Gasteiger charge is -2.18. The number of urea groups is 1. The molecule has 1 aromatic carbocycles. The van der Waals surface area contributed by atoms with Crippen LogP contribution in [-0.2, 0) is 9.53 Å². The summed E-state index contributed by atoms with van der Waals surface area (Å²) >= 11 is 1.10. The van der Waals surface area contributed by atoms with Crippen molar-refractivity contribution in [2.24, 2.45) is 0 Å². The smallest absolute Gasteiger partial charge is 0.321 e. The molecule has 0 fully saturated rings. The third-order valence-electron chi connectivity index (χ3n) is 3.55. The Labute approximate surface area is 155 Å². The van der Waals surface area contributed by atoms with Gasteiger partial charge in [-0.25, -0.2) is 9.78 Å². The molecule has 0 aliphatic heterocycles. The fourth-order valence-corrected chi connectivity index (χ4v) is 3.33. The summed E-state index contributed by atoms with van der Waals surface area (Å²) in [5.74, 6) is -0.504. The molecule has 3 amide bonds. The highest BCUT2D eigenvalue weighted by atomic mass is 32.2. The van der Waals surface area contributed by atoms with Gasteiger partial charge < -0.3 is 10.1 Å². The van der Waals surface area contributed by atoms with Gasteiger partial charge in [-0.2, -0.15) is 0 Å². The molecule has 0 aliphatic rings. The fourth-order valence-electron chi connectivity index (χ4n) is 2.43. The lowest BCUT2D eigenvalue weighted by molar-refractivity contribution is -0.117. The molecule has 0 saturated heterocycles. The zero-order chi connectivity index (χ0) is 19.1. The number of hydrogen-bond acceptors (Lipinski definition) is 6. The van der Waals surface area contributed by atoms with E-state index in [-0.39, 0.29) is 17.4 Å². The van der Waals surface area contributed by atoms with Crippen LogP contribution in [0.25, 0.3) is 10.9 Å². The number of fused-ring (bicyclic) bond motifs is 1. The van der Waals surface area contributed by atoms with E-state index in [0.29, 0.717) is 29.2 Å². The van der Waals surface area contributed by atoms with Crippen LogP contribution >= 0.6 is 11.8 Å². The normalized spacial score (nSPS) is 12.0. The lowest BCUT2D eigenvalue weighted by Crippen LogP contribution is -2.40. The minimum absolute atomic E-state index is 0.0401. The van der Waals surface area contributed by atoms with Gasteiger partial charge in [0.15, 0.2) is 5.16 Å². The Bertz CT molecular complexity index is 852. The molecule has 140 valence electrons. The molecule has 0 radical (unpaired) electrons. The van der Waals surface area contributed by atoms with E-state index in [4.69, 9.17) is 4.74 Å². The quantitative estimate of drug-likeness (QED) is 0.560. The molecule has 0 unspecified atom stereocenters. The third-order valence-corrected chi connectivity index (χ3v) is 4.50. The summed E-state index contributed by atoms with van der Waals surface area (Å²) < 4.78 is 6.68. The predicted octanol–water partition coefficient (Wildman–Crippen LogP) is 1.54. The van der Waals surface area contributed by atoms with Crippen molar-refractivity contribution in [3.63, 3.8) is 0 Å². The van der Waals surface area contributed by atoms with E-state index in [2.05, 4.69) is 15.6 Å². The highest BCUT2D eigenvalue weighted by molar-refractivity contribution is 7.99. The second-order valence-corrected chi connectivity index (χ2v) is 6.53. The predicted molar refractivity (Wildman–Crippen MR) is 101 cm³/mol. The van der Waals surface area contributed by atoms with Gasteiger partial charge in [0.1, 0.15) is 0 Å². The summed E-state index contributed by atoms with van der Waals surface area (Å²) in [7, 11) is 1.56. The van der Waals surface area contributed by atoms with Crippen LogP contribution in [0.1, 0.15) is 19.9 Å². The fraction of sp³-hybridized carbons (Fsp3) is 0.412. The van der Waals surface area contributed by atoms with E-state index >= 15 is 0 Å². The molecule has 8 nitrogen and oxygen atoms in total. The Morgan fingerprint density at radius 2 is 2.08 bits per heavy atom. The van der Waals surface area contributed by atoms with E-state index < -0.39 is 11.9 Å². The van der Waals surface area contributed by atoms with Crippen LogP contribution < -0.4 is 16.2 Å². The number of rotatable bonds is 7. The Hall–Kier alpha value is -2.39. The van der Waals surface area contributed by atoms with Gasteiger partial charge in [0.2, 0.25) is 5.91 Å². The molecule has 0 aliphatic carbocycles. The largest absolute Gasteiger partial charge is 0.383 e. The van der Waals surface area contributed by atoms with Crippen LogP contribution in [-0.4, -0.2) is 47.5 Å². The average Bonchev–Trinajstić information content (AvgIpc) is 2.60. The van der Waals surface area contributed by atoms with Gasteiger partial charge in [-0.1, -0.05) is 23.9 Å². The lowest BCUT2D eigenvalue weighted by atomic mass is 10.2. The molecule has 0 spiro atoms. The van der Waals surface area contributed by atoms with E-state index in [9.17, 15) is 14.4 Å². The number of para-hydroxylation sites is 1. The van der Waals surface area contributed by atoms with Crippen molar-refractivity contribution in [1.29, 1.82) is 0 Å². The maximum atomic E-state index is 12.9. The van der Waals surface area contributed by atoms with Crippen molar-refractivity contribution in [3.05, 3.63) is 34.6 Å². The first-order chi connectivity index (χ1) is 12.5. The molecule has 2 N–H and O–H groups in total. The number of benzene rings is 1. The number of aromatic nitrogens is 2. The Balaban J connectivity index is 2.29. The number of nitrogens with zero attached hydrogens (tertiary/aromatic N) is 2. The maximum Gasteiger partial charge on any atom is 0.321 e. The number of hydrogen-bond donors (Lipinski definition) is 2. The van der Waals surface area contributed by atoms with Gasteiger partial charge in [-0.3, -0.25) is 19.5 Å². The molecule has 2 rings (SSSR count). The SMILES string of the molecule is CCNC(=O)NC(=O)CSc1nc2ccccc2c(=O)n1[C@H](C)COC. The second kappa shape index (κ2) is 9.35. The minimum atomic E-state index is -0.547. The molecule has 26 heavy (non-hydrogen) atoms. The highest BCUT2D eigenvalue weighted by Crippen LogP contribution is 2.21. The van der Waals surface area contributed by atoms with Gasteiger partial charge in [0.25, 0.3) is 5.56 Å². The summed E-state index contributed by atoms with van der Waals surface area (Å²) in [4.78, 5) is 40.7. The molecule has 1 heterocycles. The van der Waals surface area contributed by atoms with E-state index in [0.717, 1.165) is 11.8 Å². The number of imide groups is 1. The van der Waals surface area contributed by atoms with Crippen molar-refractivity contribution in [1.82, 2.24) is 20.2 Å². The summed E-state index contributed by atoms with van der Waals surface area (Å²) in [6, 6.07) is 6.25. The molecular formula is C17H22N4O4S. The summed E-state index contributed by atoms with van der Waals surface area (Å²) in [6.45, 7) is 4.36. The van der Waals surface area contributed by atoms with Crippen LogP contribution in [0.15, 0.2) is 34.2 Å². The van der Waals surface area contributed by atoms with Crippen LogP contribution in [0.3, 0.4) is 0 Å². The van der Waals surface area contributed by atoms with Gasteiger partial charge in [-0.05, 0) is 26.0 Å². The molecule has 0 saturated carbocycles. The standard InChI is InChI=1S/C17H22N4O4S/c1-4-18-16(24)20-14(22)10-26-17-19-13-8-6-5-7-12(13)15(23)21(17)11(2)9-25-3/h5-8,11H,4,9-10H2,1-3H3,(H2,18,20,22,24)/t11-/m1/s1. The van der Waals surface area contributed by atoms with Crippen LogP contribution in [0.5, 0.6) is 0 Å². The average molecular weight is 378 g/mol. The number of amides is 3. The molecular weight excluding hydrogens is 356 g/mol. The summed E-state index contributed by atoms with van der Waals surface area (Å²) in [5.41, 5.74) is 0.372. The van der Waals surface area contributed by atoms with Crippen molar-refractivity contribution in [2.45, 2.75) is 25.0 Å². The third kappa shape index (κ3) is 4.83. The Morgan fingerprint density at radius 3 is 2.77 bits per heavy atom. The van der Waals surface area contributed by atoms with Crippen molar-refractivity contribution >= 4 is 34.6 Å². The van der Waals surface area contributed by atoms with Crippen molar-refractivity contribution in [3.8, 4) is 0 Å². The first-order valence-electron chi connectivity index (χ1n) is 8.18. The molecule has 1 atom stereocenters. The van der Waals surface area contributed by atoms with E-state index in [1.54, 1.807) is 38.3 Å².